The van der Waals surface area contributed by atoms with Crippen molar-refractivity contribution < 1.29 is 9.36 Å². The van der Waals surface area contributed by atoms with Crippen molar-refractivity contribution in [2.45, 2.75) is 25.5 Å². The zero-order chi connectivity index (χ0) is 15.3. The molecule has 0 fully saturated rings. The molecule has 0 bridgehead atoms. The fourth-order valence-electron chi connectivity index (χ4n) is 1.49. The molecule has 7 heteroatoms. The van der Waals surface area contributed by atoms with Crippen LogP contribution in [0.1, 0.15) is 30.6 Å². The van der Waals surface area contributed by atoms with E-state index in [0.717, 1.165) is 6.42 Å². The Labute approximate surface area is 129 Å². The lowest BCUT2D eigenvalue weighted by atomic mass is 10.2. The van der Waals surface area contributed by atoms with Gasteiger partial charge in [0.2, 0.25) is 0 Å². The van der Waals surface area contributed by atoms with Crippen molar-refractivity contribution in [1.29, 1.82) is 0 Å². The average Bonchev–Trinajstić information content (AvgIpc) is 2.46. The van der Waals surface area contributed by atoms with E-state index in [9.17, 15) is 9.36 Å². The molecule has 0 aliphatic heterocycles. The lowest BCUT2D eigenvalue weighted by molar-refractivity contribution is 0.0882. The highest BCUT2D eigenvalue weighted by Gasteiger charge is 2.32. The van der Waals surface area contributed by atoms with Crippen LogP contribution in [-0.2, 0) is 4.57 Å². The maximum atomic E-state index is 12.9. The third-order valence-electron chi connectivity index (χ3n) is 2.96. The highest BCUT2D eigenvalue weighted by atomic mass is 35.5. The minimum Gasteiger partial charge on any atom is -0.272 e. The summed E-state index contributed by atoms with van der Waals surface area (Å²) < 4.78 is 14.2. The van der Waals surface area contributed by atoms with Crippen LogP contribution < -0.4 is 5.09 Å². The van der Waals surface area contributed by atoms with Crippen LogP contribution in [0.3, 0.4) is 0 Å². The number of rotatable bonds is 6. The predicted octanol–water partition coefficient (Wildman–Crippen LogP) is 4.27. The second-order valence-electron chi connectivity index (χ2n) is 4.40. The number of carbonyl (C=O) groups excluding carboxylic acids is 1. The molecular formula is C13H20ClN2O2PS. The molecule has 1 N–H and O–H groups in total. The fraction of sp³-hybridized carbons (Fsp3) is 0.462. The van der Waals surface area contributed by atoms with Crippen molar-refractivity contribution in [3.05, 3.63) is 34.9 Å². The Hall–Kier alpha value is -0.480. The molecule has 0 radical (unpaired) electrons. The number of nitrogens with one attached hydrogen (secondary N) is 1. The van der Waals surface area contributed by atoms with Gasteiger partial charge in [0, 0.05) is 22.9 Å². The zero-order valence-electron chi connectivity index (χ0n) is 12.1. The second kappa shape index (κ2) is 7.51. The molecule has 0 heterocycles. The van der Waals surface area contributed by atoms with Gasteiger partial charge in [-0.1, -0.05) is 36.8 Å². The molecule has 4 nitrogen and oxygen atoms in total. The van der Waals surface area contributed by atoms with Crippen LogP contribution >= 0.6 is 29.6 Å². The monoisotopic (exact) mass is 334 g/mol. The first-order valence-electron chi connectivity index (χ1n) is 6.35. The quantitative estimate of drug-likeness (QED) is 0.789. The molecule has 0 aromatic heterocycles. The molecule has 0 aliphatic carbocycles. The number of hydrogen-bond donors (Lipinski definition) is 1. The summed E-state index contributed by atoms with van der Waals surface area (Å²) >= 11 is 7.11. The maximum absolute atomic E-state index is 12.9. The number of carbonyl (C=O) groups is 1. The van der Waals surface area contributed by atoms with E-state index >= 15 is 0 Å². The van der Waals surface area contributed by atoms with E-state index in [1.54, 1.807) is 38.4 Å². The van der Waals surface area contributed by atoms with Crippen LogP contribution in [0.25, 0.3) is 0 Å². The summed E-state index contributed by atoms with van der Waals surface area (Å²) in [5, 5.41) is 3.57. The van der Waals surface area contributed by atoms with Gasteiger partial charge in [-0.15, -0.1) is 0 Å². The van der Waals surface area contributed by atoms with Crippen molar-refractivity contribution in [2.24, 2.45) is 0 Å². The van der Waals surface area contributed by atoms with Crippen molar-refractivity contribution in [2.75, 3.05) is 14.1 Å². The normalized spacial score (nSPS) is 15.4. The van der Waals surface area contributed by atoms with Crippen LogP contribution in [0.4, 0.5) is 0 Å². The SMILES string of the molecule is CCC(C)SP(=O)(NC)N(C)C(=O)c1ccc(Cl)cc1. The Balaban J connectivity index is 2.95. The van der Waals surface area contributed by atoms with Crippen LogP contribution in [0, 0.1) is 0 Å². The molecule has 1 amide bonds. The van der Waals surface area contributed by atoms with Crippen LogP contribution in [-0.4, -0.2) is 29.9 Å². The molecule has 2 unspecified atom stereocenters. The molecular weight excluding hydrogens is 315 g/mol. The van der Waals surface area contributed by atoms with Gasteiger partial charge in [-0.2, -0.15) is 0 Å². The minimum atomic E-state index is -2.98. The molecule has 1 rings (SSSR count). The highest BCUT2D eigenvalue weighted by Crippen LogP contribution is 2.59. The molecule has 0 saturated heterocycles. The van der Waals surface area contributed by atoms with Crippen molar-refractivity contribution >= 4 is 35.5 Å². The van der Waals surface area contributed by atoms with Gasteiger partial charge in [-0.25, -0.2) is 5.09 Å². The largest absolute Gasteiger partial charge is 0.294 e. The van der Waals surface area contributed by atoms with E-state index < -0.39 is 6.65 Å². The van der Waals surface area contributed by atoms with Crippen LogP contribution in [0.5, 0.6) is 0 Å². The van der Waals surface area contributed by atoms with E-state index in [0.29, 0.717) is 10.6 Å². The lowest BCUT2D eigenvalue weighted by Crippen LogP contribution is -2.28. The number of benzene rings is 1. The molecule has 112 valence electrons. The van der Waals surface area contributed by atoms with Gasteiger partial charge in [0.1, 0.15) is 0 Å². The molecule has 2 atom stereocenters. The molecule has 0 aliphatic rings. The van der Waals surface area contributed by atoms with E-state index in [1.165, 1.54) is 16.1 Å². The third kappa shape index (κ3) is 4.26. The van der Waals surface area contributed by atoms with Gasteiger partial charge in [-0.3, -0.25) is 14.0 Å². The van der Waals surface area contributed by atoms with Crippen LogP contribution in [0.15, 0.2) is 24.3 Å². The first kappa shape index (κ1) is 17.6. The zero-order valence-corrected chi connectivity index (χ0v) is 14.6. The molecule has 1 aromatic carbocycles. The molecule has 0 spiro atoms. The number of halogens is 1. The van der Waals surface area contributed by atoms with Crippen molar-refractivity contribution in [3.63, 3.8) is 0 Å². The summed E-state index contributed by atoms with van der Waals surface area (Å²) in [6.45, 7) is 1.04. The third-order valence-corrected chi connectivity index (χ3v) is 8.95. The highest BCUT2D eigenvalue weighted by molar-refractivity contribution is 8.57. The van der Waals surface area contributed by atoms with Gasteiger partial charge < -0.3 is 0 Å². The van der Waals surface area contributed by atoms with E-state index in [-0.39, 0.29) is 11.2 Å². The summed E-state index contributed by atoms with van der Waals surface area (Å²) in [6, 6.07) is 6.56. The topological polar surface area (TPSA) is 49.4 Å². The van der Waals surface area contributed by atoms with Gasteiger partial charge in [0.15, 0.2) is 0 Å². The summed E-state index contributed by atoms with van der Waals surface area (Å²) in [4.78, 5) is 12.4. The molecule has 20 heavy (non-hydrogen) atoms. The average molecular weight is 335 g/mol. The van der Waals surface area contributed by atoms with E-state index in [1.807, 2.05) is 13.8 Å². The first-order valence-corrected chi connectivity index (χ1v) is 9.87. The van der Waals surface area contributed by atoms with Crippen molar-refractivity contribution in [1.82, 2.24) is 9.76 Å². The molecule has 1 aromatic rings. The number of hydrogen-bond acceptors (Lipinski definition) is 3. The van der Waals surface area contributed by atoms with Crippen molar-refractivity contribution in [3.8, 4) is 0 Å². The van der Waals surface area contributed by atoms with Gasteiger partial charge in [0.25, 0.3) is 12.6 Å². The van der Waals surface area contributed by atoms with E-state index in [4.69, 9.17) is 11.6 Å². The maximum Gasteiger partial charge on any atom is 0.294 e. The standard InChI is InChI=1S/C13H20ClN2O2PS/c1-5-10(2)20-19(18,15-3)16(4)13(17)11-6-8-12(14)9-7-11/h6-10H,5H2,1-4H3,(H,15,18). The Bertz CT molecular complexity index is 510. The smallest absolute Gasteiger partial charge is 0.272 e. The first-order chi connectivity index (χ1) is 9.34. The number of nitrogens with zero attached hydrogens (tertiary/aromatic N) is 1. The van der Waals surface area contributed by atoms with Gasteiger partial charge in [-0.05, 0) is 37.7 Å². The van der Waals surface area contributed by atoms with Crippen LogP contribution in [0.2, 0.25) is 5.02 Å². The number of amides is 1. The minimum absolute atomic E-state index is 0.203. The van der Waals surface area contributed by atoms with E-state index in [2.05, 4.69) is 5.09 Å². The Morgan fingerprint density at radius 3 is 2.45 bits per heavy atom. The molecule has 0 saturated carbocycles. The fourth-order valence-corrected chi connectivity index (χ4v) is 6.03. The Morgan fingerprint density at radius 2 is 2.00 bits per heavy atom. The summed E-state index contributed by atoms with van der Waals surface area (Å²) in [5.41, 5.74) is 0.470. The second-order valence-corrected chi connectivity index (χ2v) is 10.1. The van der Waals surface area contributed by atoms with Gasteiger partial charge in [0.05, 0.1) is 0 Å². The summed E-state index contributed by atoms with van der Waals surface area (Å²) in [7, 11) is 3.17. The Morgan fingerprint density at radius 1 is 1.45 bits per heavy atom. The van der Waals surface area contributed by atoms with Gasteiger partial charge >= 0.3 is 0 Å². The summed E-state index contributed by atoms with van der Waals surface area (Å²) in [5.74, 6) is -0.282. The lowest BCUT2D eigenvalue weighted by Gasteiger charge is -2.28. The Kier molecular flexibility index (Phi) is 6.59. The predicted molar refractivity (Wildman–Crippen MR) is 87.6 cm³/mol. The summed E-state index contributed by atoms with van der Waals surface area (Å²) in [6.07, 6.45) is 0.888.